The van der Waals surface area contributed by atoms with E-state index in [9.17, 15) is 9.59 Å². The van der Waals surface area contributed by atoms with E-state index in [1.165, 1.54) is 55.0 Å². The third-order valence-corrected chi connectivity index (χ3v) is 9.77. The molecular formula is C50H64N4O4. The van der Waals surface area contributed by atoms with Crippen LogP contribution in [0.2, 0.25) is 0 Å². The van der Waals surface area contributed by atoms with Crippen LogP contribution >= 0.6 is 0 Å². The number of carbonyl (C=O) groups is 2. The Morgan fingerprint density at radius 3 is 1.45 bits per heavy atom. The minimum Gasteiger partial charge on any atom is -0.412 e. The zero-order valence-corrected chi connectivity index (χ0v) is 34.9. The first-order valence-electron chi connectivity index (χ1n) is 20.0. The number of fused-ring (bicyclic) bond motifs is 1. The fourth-order valence-corrected chi connectivity index (χ4v) is 6.83. The van der Waals surface area contributed by atoms with Crippen molar-refractivity contribution < 1.29 is 21.6 Å². The normalized spacial score (nSPS) is 11.5. The Hall–Kier alpha value is -5.80. The lowest BCUT2D eigenvalue weighted by Gasteiger charge is -2.13. The number of aliphatic hydroxyl groups is 1. The summed E-state index contributed by atoms with van der Waals surface area (Å²) in [5.74, 6) is -0.357. The number of nitrogens with zero attached hydrogens (tertiary/aromatic N) is 1. The van der Waals surface area contributed by atoms with Crippen LogP contribution in [-0.4, -0.2) is 47.0 Å². The summed E-state index contributed by atoms with van der Waals surface area (Å²) < 4.78 is 0. The van der Waals surface area contributed by atoms with Crippen LogP contribution in [0.5, 0.6) is 0 Å². The SMILES string of the molecule is CCO.CCc1cccc(C)c1C=Cc1cccc(CCCN)c1.CCc1cccc(C)c1C=Cc1cccc(CCCN2C(=O)c3ccccc3C2=O)c1.N=N.O.[HH]. The summed E-state index contributed by atoms with van der Waals surface area (Å²) in [4.78, 5) is 26.4. The monoisotopic (exact) mass is 784 g/mol. The van der Waals surface area contributed by atoms with Crippen LogP contribution < -0.4 is 5.73 Å². The van der Waals surface area contributed by atoms with Gasteiger partial charge >= 0.3 is 0 Å². The highest BCUT2D eigenvalue weighted by molar-refractivity contribution is 6.21. The van der Waals surface area contributed by atoms with Gasteiger partial charge in [0.15, 0.2) is 0 Å². The Kier molecular flexibility index (Phi) is 21.8. The average Bonchev–Trinajstić information content (AvgIpc) is 3.48. The van der Waals surface area contributed by atoms with Gasteiger partial charge < -0.3 is 16.3 Å². The predicted octanol–water partition coefficient (Wildman–Crippen LogP) is 10.6. The van der Waals surface area contributed by atoms with Gasteiger partial charge in [-0.3, -0.25) is 14.5 Å². The molecule has 0 unspecified atom stereocenters. The zero-order valence-electron chi connectivity index (χ0n) is 34.9. The fraction of sp³-hybridized carbons (Fsp3) is 0.280. The molecule has 0 fully saturated rings. The Bertz CT molecular complexity index is 2080. The molecule has 308 valence electrons. The molecule has 0 bridgehead atoms. The van der Waals surface area contributed by atoms with Crippen LogP contribution in [0.3, 0.4) is 0 Å². The van der Waals surface area contributed by atoms with E-state index in [0.29, 0.717) is 17.7 Å². The van der Waals surface area contributed by atoms with E-state index in [4.69, 9.17) is 21.9 Å². The molecule has 7 N–H and O–H groups in total. The predicted molar refractivity (Wildman–Crippen MR) is 243 cm³/mol. The van der Waals surface area contributed by atoms with Crippen LogP contribution in [0.1, 0.15) is 111 Å². The van der Waals surface area contributed by atoms with E-state index in [2.05, 4.69) is 137 Å². The van der Waals surface area contributed by atoms with Gasteiger partial charge in [-0.05, 0) is 134 Å². The van der Waals surface area contributed by atoms with Crippen molar-refractivity contribution in [2.45, 2.75) is 73.1 Å². The van der Waals surface area contributed by atoms with Crippen LogP contribution in [-0.2, 0) is 25.7 Å². The number of hydrogen-bond acceptors (Lipinski definition) is 6. The van der Waals surface area contributed by atoms with E-state index >= 15 is 0 Å². The molecule has 2 amide bonds. The van der Waals surface area contributed by atoms with Crippen LogP contribution in [0.25, 0.3) is 24.3 Å². The van der Waals surface area contributed by atoms with Crippen LogP contribution in [0.15, 0.2) is 109 Å². The van der Waals surface area contributed by atoms with E-state index in [-0.39, 0.29) is 25.3 Å². The summed E-state index contributed by atoms with van der Waals surface area (Å²) in [5, 5.41) is 7.57. The number of benzene rings is 5. The molecule has 58 heavy (non-hydrogen) atoms. The first-order chi connectivity index (χ1) is 27.7. The maximum atomic E-state index is 12.5. The van der Waals surface area contributed by atoms with Crippen LogP contribution in [0.4, 0.5) is 0 Å². The molecule has 8 heteroatoms. The Balaban J connectivity index is 0.000000545. The van der Waals surface area contributed by atoms with Gasteiger partial charge in [0.05, 0.1) is 11.1 Å². The molecule has 0 aliphatic carbocycles. The third-order valence-electron chi connectivity index (χ3n) is 9.77. The third kappa shape index (κ3) is 14.0. The fourth-order valence-electron chi connectivity index (χ4n) is 6.83. The molecular weight excluding hydrogens is 721 g/mol. The number of carbonyl (C=O) groups excluding carboxylic acids is 2. The number of imide groups is 1. The van der Waals surface area contributed by atoms with E-state index in [1.807, 2.05) is 0 Å². The summed E-state index contributed by atoms with van der Waals surface area (Å²) in [6.07, 6.45) is 14.6. The van der Waals surface area contributed by atoms with Crippen molar-refractivity contribution >= 4 is 36.1 Å². The molecule has 6 rings (SSSR count). The highest BCUT2D eigenvalue weighted by Crippen LogP contribution is 2.24. The lowest BCUT2D eigenvalue weighted by molar-refractivity contribution is 0.0652. The van der Waals surface area contributed by atoms with E-state index in [0.717, 1.165) is 50.6 Å². The minimum absolute atomic E-state index is 0. The minimum atomic E-state index is -0.178. The first-order valence-corrected chi connectivity index (χ1v) is 20.0. The maximum Gasteiger partial charge on any atom is 0.261 e. The topological polar surface area (TPSA) is 163 Å². The zero-order chi connectivity index (χ0) is 41.6. The van der Waals surface area contributed by atoms with E-state index < -0.39 is 0 Å². The quantitative estimate of drug-likeness (QED) is 0.0531. The number of hydrogen-bond donors (Lipinski definition) is 4. The number of rotatable bonds is 13. The summed E-state index contributed by atoms with van der Waals surface area (Å²) in [7, 11) is 0. The molecule has 0 aromatic heterocycles. The van der Waals surface area contributed by atoms with Crippen molar-refractivity contribution in [3.05, 3.63) is 176 Å². The van der Waals surface area contributed by atoms with Crippen LogP contribution in [0, 0.1) is 24.9 Å². The molecule has 5 aromatic rings. The van der Waals surface area contributed by atoms with Gasteiger partial charge in [-0.2, -0.15) is 0 Å². The highest BCUT2D eigenvalue weighted by atomic mass is 16.2. The standard InChI is InChI=1S/C28H27NO2.C20H25N.C2H6O.H2N2.H2O.H2/c1-3-23-13-6-9-20(2)24(23)17-16-22-11-7-10-21(19-22)12-8-18-29-27(30)25-14-4-5-15-26(25)28(29)31;1-3-19-11-4-7-16(2)20(19)13-12-18-9-5-8-17(15-18)10-6-14-21;1-2-3;1-2;;/h4-7,9-11,13-17,19H,3,8,12,18H2,1-2H3;4-5,7-9,11-13,15H,3,6,10,14,21H2,1-2H3;3H,2H2,1H3;1-2H;1H2;1H. The van der Waals surface area contributed by atoms with Gasteiger partial charge in [0.1, 0.15) is 0 Å². The molecule has 0 atom stereocenters. The number of aryl methyl sites for hydroxylation is 6. The van der Waals surface area contributed by atoms with Crippen molar-refractivity contribution in [2.24, 2.45) is 5.73 Å². The molecule has 0 saturated heterocycles. The van der Waals surface area contributed by atoms with Crippen molar-refractivity contribution in [3.8, 4) is 0 Å². The van der Waals surface area contributed by atoms with Gasteiger partial charge in [0, 0.05) is 14.6 Å². The molecule has 1 aliphatic heterocycles. The van der Waals surface area contributed by atoms with E-state index in [1.54, 1.807) is 31.2 Å². The lowest BCUT2D eigenvalue weighted by atomic mass is 9.98. The smallest absolute Gasteiger partial charge is 0.261 e. The second kappa shape index (κ2) is 26.2. The largest absolute Gasteiger partial charge is 0.412 e. The van der Waals surface area contributed by atoms with Gasteiger partial charge in [0.2, 0.25) is 0 Å². The molecule has 1 aliphatic rings. The summed E-state index contributed by atoms with van der Waals surface area (Å²) in [6, 6.07) is 37.2. The van der Waals surface area contributed by atoms with Crippen molar-refractivity contribution in [2.75, 3.05) is 19.7 Å². The molecule has 1 heterocycles. The van der Waals surface area contributed by atoms with Gasteiger partial charge in [-0.25, -0.2) is 11.1 Å². The Labute approximate surface area is 347 Å². The number of nitrogens with two attached hydrogens (primary N) is 1. The van der Waals surface area contributed by atoms with Gasteiger partial charge in [0.25, 0.3) is 11.8 Å². The lowest BCUT2D eigenvalue weighted by Crippen LogP contribution is -2.30. The van der Waals surface area contributed by atoms with Crippen molar-refractivity contribution in [3.63, 3.8) is 0 Å². The van der Waals surface area contributed by atoms with Crippen molar-refractivity contribution in [1.29, 1.82) is 11.1 Å². The summed E-state index contributed by atoms with van der Waals surface area (Å²) >= 11 is 0. The number of amides is 2. The molecule has 0 saturated carbocycles. The average molecular weight is 785 g/mol. The first kappa shape index (κ1) is 48.3. The second-order valence-electron chi connectivity index (χ2n) is 13.8. The Morgan fingerprint density at radius 2 is 1.03 bits per heavy atom. The number of nitrogens with one attached hydrogen (secondary N) is 2. The van der Waals surface area contributed by atoms with Crippen molar-refractivity contribution in [1.82, 2.24) is 4.90 Å². The molecule has 0 radical (unpaired) electrons. The molecule has 8 nitrogen and oxygen atoms in total. The second-order valence-corrected chi connectivity index (χ2v) is 13.8. The Morgan fingerprint density at radius 1 is 0.621 bits per heavy atom. The molecule has 5 aromatic carbocycles. The number of aliphatic hydroxyl groups excluding tert-OH is 1. The highest BCUT2D eigenvalue weighted by Gasteiger charge is 2.34. The van der Waals surface area contributed by atoms with Gasteiger partial charge in [-0.1, -0.05) is 135 Å². The maximum absolute atomic E-state index is 12.5. The molecule has 0 spiro atoms. The van der Waals surface area contributed by atoms with Gasteiger partial charge in [-0.15, -0.1) is 0 Å². The summed E-state index contributed by atoms with van der Waals surface area (Å²) in [6.45, 7) is 11.8. The summed E-state index contributed by atoms with van der Waals surface area (Å²) in [5.41, 5.74) is 29.6.